The van der Waals surface area contributed by atoms with E-state index in [9.17, 15) is 13.2 Å². The Morgan fingerprint density at radius 2 is 1.53 bits per heavy atom. The van der Waals surface area contributed by atoms with Crippen LogP contribution in [0.3, 0.4) is 0 Å². The zero-order valence-corrected chi connectivity index (χ0v) is 11.8. The van der Waals surface area contributed by atoms with E-state index in [0.717, 1.165) is 24.5 Å². The van der Waals surface area contributed by atoms with Gasteiger partial charge in [0.05, 0.1) is 6.61 Å². The summed E-state index contributed by atoms with van der Waals surface area (Å²) in [6, 6.07) is 0. The Kier molecular flexibility index (Phi) is 8.48. The Bertz CT molecular complexity index is 345. The summed E-state index contributed by atoms with van der Waals surface area (Å²) in [5.41, 5.74) is 1.70. The van der Waals surface area contributed by atoms with Gasteiger partial charge >= 0.3 is 6.18 Å². The Morgan fingerprint density at radius 3 is 2.00 bits per heavy atom. The molecule has 0 aromatic heterocycles. The van der Waals surface area contributed by atoms with Crippen molar-refractivity contribution in [2.75, 3.05) is 6.61 Å². The molecule has 0 aliphatic carbocycles. The van der Waals surface area contributed by atoms with E-state index in [-0.39, 0.29) is 6.42 Å². The van der Waals surface area contributed by atoms with Gasteiger partial charge in [0.25, 0.3) is 0 Å². The summed E-state index contributed by atoms with van der Waals surface area (Å²) in [6.45, 7) is 5.41. The van der Waals surface area contributed by atoms with E-state index in [4.69, 9.17) is 5.11 Å². The van der Waals surface area contributed by atoms with Crippen LogP contribution >= 0.6 is 0 Å². The number of alkyl halides is 3. The molecule has 0 spiro atoms. The second kappa shape index (κ2) is 8.97. The van der Waals surface area contributed by atoms with Crippen molar-refractivity contribution >= 4 is 0 Å². The highest BCUT2D eigenvalue weighted by Crippen LogP contribution is 2.29. The molecule has 0 heterocycles. The molecule has 4 heteroatoms. The maximum absolute atomic E-state index is 12.5. The van der Waals surface area contributed by atoms with Gasteiger partial charge in [0.15, 0.2) is 0 Å². The van der Waals surface area contributed by atoms with Crippen molar-refractivity contribution < 1.29 is 18.3 Å². The summed E-state index contributed by atoms with van der Waals surface area (Å²) < 4.78 is 37.5. The second-order valence-electron chi connectivity index (χ2n) is 4.82. The van der Waals surface area contributed by atoms with Gasteiger partial charge in [-0.1, -0.05) is 29.4 Å². The molecule has 0 amide bonds. The molecule has 0 rings (SSSR count). The van der Waals surface area contributed by atoms with Gasteiger partial charge in [0.2, 0.25) is 0 Å². The van der Waals surface area contributed by atoms with Crippen LogP contribution < -0.4 is 0 Å². The summed E-state index contributed by atoms with van der Waals surface area (Å²) in [5, 5.41) is 8.58. The molecule has 0 atom stereocenters. The normalized spacial score (nSPS) is 13.6. The number of hydrogen-bond donors (Lipinski definition) is 1. The predicted molar refractivity (Wildman–Crippen MR) is 72.9 cm³/mol. The van der Waals surface area contributed by atoms with Crippen molar-refractivity contribution in [1.29, 1.82) is 0 Å². The maximum Gasteiger partial charge on any atom is 0.412 e. The minimum atomic E-state index is -4.34. The summed E-state index contributed by atoms with van der Waals surface area (Å²) in [4.78, 5) is 0. The van der Waals surface area contributed by atoms with Gasteiger partial charge in [-0.3, -0.25) is 0 Å². The van der Waals surface area contributed by atoms with Gasteiger partial charge in [-0.15, -0.1) is 0 Å². The van der Waals surface area contributed by atoms with Crippen molar-refractivity contribution in [3.63, 3.8) is 0 Å². The van der Waals surface area contributed by atoms with E-state index in [2.05, 4.69) is 6.08 Å². The molecule has 0 bridgehead atoms. The van der Waals surface area contributed by atoms with Crippen LogP contribution in [-0.2, 0) is 0 Å². The van der Waals surface area contributed by atoms with E-state index in [1.165, 1.54) is 5.57 Å². The molecule has 0 radical (unpaired) electrons. The number of aliphatic hydroxyl groups excluding tert-OH is 1. The van der Waals surface area contributed by atoms with Gasteiger partial charge in [-0.25, -0.2) is 0 Å². The van der Waals surface area contributed by atoms with Crippen LogP contribution in [0, 0.1) is 0 Å². The third-order valence-electron chi connectivity index (χ3n) is 2.70. The molecule has 0 aromatic rings. The Balaban J connectivity index is 4.25. The molecular formula is C15H23F3O. The first kappa shape index (κ1) is 18.0. The molecule has 0 saturated heterocycles. The molecule has 0 unspecified atom stereocenters. The Labute approximate surface area is 113 Å². The van der Waals surface area contributed by atoms with Gasteiger partial charge in [-0.2, -0.15) is 13.2 Å². The minimum Gasteiger partial charge on any atom is -0.392 e. The third kappa shape index (κ3) is 9.54. The molecule has 0 aliphatic rings. The lowest BCUT2D eigenvalue weighted by Crippen LogP contribution is -2.12. The van der Waals surface area contributed by atoms with Crippen molar-refractivity contribution in [3.8, 4) is 0 Å². The van der Waals surface area contributed by atoms with E-state index in [1.54, 1.807) is 0 Å². The maximum atomic E-state index is 12.5. The van der Waals surface area contributed by atoms with E-state index >= 15 is 0 Å². The number of hydrogen-bond acceptors (Lipinski definition) is 1. The van der Waals surface area contributed by atoms with Crippen molar-refractivity contribution in [1.82, 2.24) is 0 Å². The smallest absolute Gasteiger partial charge is 0.392 e. The largest absolute Gasteiger partial charge is 0.412 e. The topological polar surface area (TPSA) is 20.2 Å². The number of aliphatic hydroxyl groups is 1. The average molecular weight is 276 g/mol. The highest BCUT2D eigenvalue weighted by molar-refractivity contribution is 5.11. The van der Waals surface area contributed by atoms with Crippen LogP contribution in [0.25, 0.3) is 0 Å². The van der Waals surface area contributed by atoms with Crippen LogP contribution in [0.5, 0.6) is 0 Å². The first-order chi connectivity index (χ1) is 8.77. The molecule has 0 aromatic carbocycles. The van der Waals surface area contributed by atoms with Gasteiger partial charge in [0.1, 0.15) is 0 Å². The number of allylic oxidation sites excluding steroid dienone is 5. The average Bonchev–Trinajstić information content (AvgIpc) is 2.26. The summed E-state index contributed by atoms with van der Waals surface area (Å²) in [6.07, 6.45) is 2.52. The van der Waals surface area contributed by atoms with Crippen molar-refractivity contribution in [2.24, 2.45) is 0 Å². The monoisotopic (exact) mass is 276 g/mol. The summed E-state index contributed by atoms with van der Waals surface area (Å²) >= 11 is 0. The molecular weight excluding hydrogens is 253 g/mol. The summed E-state index contributed by atoms with van der Waals surface area (Å²) in [7, 11) is 0. The fraction of sp³-hybridized carbons (Fsp3) is 0.600. The quantitative estimate of drug-likeness (QED) is 0.653. The lowest BCUT2D eigenvalue weighted by molar-refractivity contribution is -0.0943. The number of halogens is 3. The fourth-order valence-electron chi connectivity index (χ4n) is 1.63. The first-order valence-corrected chi connectivity index (χ1v) is 6.43. The molecule has 0 fully saturated rings. The highest BCUT2D eigenvalue weighted by Gasteiger charge is 2.32. The second-order valence-corrected chi connectivity index (χ2v) is 4.82. The van der Waals surface area contributed by atoms with Crippen LogP contribution in [0.1, 0.15) is 46.5 Å². The van der Waals surface area contributed by atoms with Crippen molar-refractivity contribution in [2.45, 2.75) is 52.6 Å². The standard InChI is InChI=1S/C15H23F3O/c1-12(2)6-4-7-13(3)8-5-9-14(10-11-19)15(16,17)18/h6,8,10,19H,4-5,7,9,11H2,1-3H3/b13-8+,14-10-. The molecule has 1 N–H and O–H groups in total. The van der Waals surface area contributed by atoms with E-state index in [0.29, 0.717) is 6.42 Å². The van der Waals surface area contributed by atoms with Crippen LogP contribution in [0.2, 0.25) is 0 Å². The van der Waals surface area contributed by atoms with E-state index in [1.807, 2.05) is 26.8 Å². The predicted octanol–water partition coefficient (Wildman–Crippen LogP) is 4.94. The zero-order chi connectivity index (χ0) is 14.9. The summed E-state index contributed by atoms with van der Waals surface area (Å²) in [5.74, 6) is 0. The van der Waals surface area contributed by atoms with E-state index < -0.39 is 18.4 Å². The van der Waals surface area contributed by atoms with Gasteiger partial charge in [0, 0.05) is 5.57 Å². The highest BCUT2D eigenvalue weighted by atomic mass is 19.4. The van der Waals surface area contributed by atoms with Gasteiger partial charge < -0.3 is 5.11 Å². The molecule has 0 aliphatic heterocycles. The Hall–Kier alpha value is -1.03. The van der Waals surface area contributed by atoms with Crippen LogP contribution in [0.15, 0.2) is 34.9 Å². The first-order valence-electron chi connectivity index (χ1n) is 6.43. The fourth-order valence-corrected chi connectivity index (χ4v) is 1.63. The molecule has 19 heavy (non-hydrogen) atoms. The van der Waals surface area contributed by atoms with Gasteiger partial charge in [-0.05, 0) is 46.5 Å². The van der Waals surface area contributed by atoms with Crippen molar-refractivity contribution in [3.05, 3.63) is 34.9 Å². The lowest BCUT2D eigenvalue weighted by Gasteiger charge is -2.10. The molecule has 0 saturated carbocycles. The van der Waals surface area contributed by atoms with Crippen LogP contribution in [0.4, 0.5) is 13.2 Å². The third-order valence-corrected chi connectivity index (χ3v) is 2.70. The molecule has 110 valence electrons. The number of rotatable bonds is 7. The zero-order valence-electron chi connectivity index (χ0n) is 11.8. The van der Waals surface area contributed by atoms with Crippen LogP contribution in [-0.4, -0.2) is 17.9 Å². The lowest BCUT2D eigenvalue weighted by atomic mass is 10.1. The Morgan fingerprint density at radius 1 is 0.947 bits per heavy atom. The molecule has 1 nitrogen and oxygen atoms in total. The SMILES string of the molecule is CC(C)=CCC/C(C)=C/CC/C(=C/CO)C(F)(F)F. The minimum absolute atomic E-state index is 0.0793.